The number of piperidine rings is 1. The molecule has 16 heavy (non-hydrogen) atoms. The van der Waals surface area contributed by atoms with Crippen molar-refractivity contribution in [2.75, 3.05) is 32.7 Å². The number of nitrogens with zero attached hydrogens (tertiary/aromatic N) is 2. The van der Waals surface area contributed by atoms with E-state index in [0.29, 0.717) is 11.8 Å². The van der Waals surface area contributed by atoms with Crippen LogP contribution in [-0.2, 0) is 4.79 Å². The molecule has 2 aliphatic heterocycles. The van der Waals surface area contributed by atoms with Crippen LogP contribution in [0.1, 0.15) is 26.2 Å². The monoisotopic (exact) mass is 225 g/mol. The second-order valence-electron chi connectivity index (χ2n) is 5.12. The van der Waals surface area contributed by atoms with Gasteiger partial charge in [0.25, 0.3) is 0 Å². The van der Waals surface area contributed by atoms with Gasteiger partial charge in [-0.25, -0.2) is 0 Å². The van der Waals surface area contributed by atoms with Crippen molar-refractivity contribution in [3.05, 3.63) is 0 Å². The van der Waals surface area contributed by atoms with E-state index < -0.39 is 0 Å². The Morgan fingerprint density at radius 2 is 1.94 bits per heavy atom. The zero-order valence-corrected chi connectivity index (χ0v) is 10.2. The van der Waals surface area contributed by atoms with E-state index in [2.05, 4.69) is 4.90 Å². The van der Waals surface area contributed by atoms with E-state index >= 15 is 0 Å². The minimum Gasteiger partial charge on any atom is -0.341 e. The predicted octanol–water partition coefficient (Wildman–Crippen LogP) is 0.278. The van der Waals surface area contributed by atoms with Gasteiger partial charge in [0.15, 0.2) is 0 Å². The van der Waals surface area contributed by atoms with Crippen molar-refractivity contribution < 1.29 is 4.79 Å². The van der Waals surface area contributed by atoms with Gasteiger partial charge in [-0.2, -0.15) is 0 Å². The molecule has 2 rings (SSSR count). The number of amides is 1. The third kappa shape index (κ3) is 2.38. The van der Waals surface area contributed by atoms with Crippen LogP contribution >= 0.6 is 0 Å². The first-order chi connectivity index (χ1) is 7.72. The molecule has 4 nitrogen and oxygen atoms in total. The molecule has 0 radical (unpaired) electrons. The highest BCUT2D eigenvalue weighted by molar-refractivity contribution is 5.81. The number of carbonyl (C=O) groups excluding carboxylic acids is 1. The Morgan fingerprint density at radius 3 is 2.50 bits per heavy atom. The van der Waals surface area contributed by atoms with Crippen LogP contribution in [0.5, 0.6) is 0 Å². The summed E-state index contributed by atoms with van der Waals surface area (Å²) in [6.45, 7) is 6.69. The zero-order valence-electron chi connectivity index (χ0n) is 10.2. The molecule has 2 heterocycles. The normalized spacial score (nSPS) is 25.2. The summed E-state index contributed by atoms with van der Waals surface area (Å²) >= 11 is 0. The largest absolute Gasteiger partial charge is 0.341 e. The molecule has 1 amide bonds. The Kier molecular flexibility index (Phi) is 3.82. The fourth-order valence-corrected chi connectivity index (χ4v) is 2.61. The fourth-order valence-electron chi connectivity index (χ4n) is 2.61. The number of carbonyl (C=O) groups is 1. The summed E-state index contributed by atoms with van der Waals surface area (Å²) < 4.78 is 0. The maximum atomic E-state index is 12.2. The summed E-state index contributed by atoms with van der Waals surface area (Å²) in [7, 11) is 0. The van der Waals surface area contributed by atoms with E-state index in [1.807, 2.05) is 11.8 Å². The van der Waals surface area contributed by atoms with Gasteiger partial charge in [0.2, 0.25) is 5.91 Å². The highest BCUT2D eigenvalue weighted by Crippen LogP contribution is 2.20. The highest BCUT2D eigenvalue weighted by atomic mass is 16.2. The smallest absolute Gasteiger partial charge is 0.239 e. The third-order valence-corrected chi connectivity index (χ3v) is 3.89. The molecule has 2 fully saturated rings. The lowest BCUT2D eigenvalue weighted by molar-refractivity contribution is -0.139. The van der Waals surface area contributed by atoms with Crippen LogP contribution in [0.4, 0.5) is 0 Å². The van der Waals surface area contributed by atoms with Gasteiger partial charge in [0.1, 0.15) is 0 Å². The summed E-state index contributed by atoms with van der Waals surface area (Å²) in [4.78, 5) is 16.5. The van der Waals surface area contributed by atoms with Crippen LogP contribution in [0.15, 0.2) is 0 Å². The van der Waals surface area contributed by atoms with Crippen LogP contribution in [0.2, 0.25) is 0 Å². The van der Waals surface area contributed by atoms with E-state index in [-0.39, 0.29) is 6.04 Å². The van der Waals surface area contributed by atoms with Crippen molar-refractivity contribution in [1.29, 1.82) is 0 Å². The van der Waals surface area contributed by atoms with Gasteiger partial charge in [-0.1, -0.05) is 0 Å². The quantitative estimate of drug-likeness (QED) is 0.750. The van der Waals surface area contributed by atoms with Crippen molar-refractivity contribution in [2.45, 2.75) is 32.2 Å². The van der Waals surface area contributed by atoms with Crippen LogP contribution in [0, 0.1) is 5.92 Å². The SMILES string of the molecule is CC(C(=O)N1CCCCC1)N1CC(CN)C1. The maximum absolute atomic E-state index is 12.2. The summed E-state index contributed by atoms with van der Waals surface area (Å²) in [5, 5.41) is 0. The average molecular weight is 225 g/mol. The molecule has 0 spiro atoms. The Morgan fingerprint density at radius 1 is 1.31 bits per heavy atom. The van der Waals surface area contributed by atoms with E-state index in [9.17, 15) is 4.79 Å². The Labute approximate surface area is 97.8 Å². The molecule has 0 bridgehead atoms. The first-order valence-electron chi connectivity index (χ1n) is 6.45. The molecule has 2 N–H and O–H groups in total. The Hall–Kier alpha value is -0.610. The molecule has 4 heteroatoms. The lowest BCUT2D eigenvalue weighted by Gasteiger charge is -2.43. The standard InChI is InChI=1S/C12H23N3O/c1-10(15-8-11(7-13)9-15)12(16)14-5-3-2-4-6-14/h10-11H,2-9,13H2,1H3. The summed E-state index contributed by atoms with van der Waals surface area (Å²) in [6.07, 6.45) is 3.62. The minimum atomic E-state index is 0.0564. The highest BCUT2D eigenvalue weighted by Gasteiger charge is 2.34. The van der Waals surface area contributed by atoms with Crippen molar-refractivity contribution in [2.24, 2.45) is 11.7 Å². The minimum absolute atomic E-state index is 0.0564. The van der Waals surface area contributed by atoms with Crippen molar-refractivity contribution >= 4 is 5.91 Å². The van der Waals surface area contributed by atoms with E-state index in [1.165, 1.54) is 19.3 Å². The summed E-state index contributed by atoms with van der Waals surface area (Å²) in [6, 6.07) is 0.0564. The molecule has 2 saturated heterocycles. The predicted molar refractivity (Wildman–Crippen MR) is 64.0 cm³/mol. The maximum Gasteiger partial charge on any atom is 0.239 e. The van der Waals surface area contributed by atoms with Gasteiger partial charge in [0.05, 0.1) is 6.04 Å². The molecular weight excluding hydrogens is 202 g/mol. The first kappa shape index (κ1) is 11.9. The van der Waals surface area contributed by atoms with Gasteiger partial charge in [-0.05, 0) is 38.6 Å². The lowest BCUT2D eigenvalue weighted by atomic mass is 9.97. The third-order valence-electron chi connectivity index (χ3n) is 3.89. The topological polar surface area (TPSA) is 49.6 Å². The Balaban J connectivity index is 1.80. The number of likely N-dealkylation sites (tertiary alicyclic amines) is 2. The van der Waals surface area contributed by atoms with E-state index in [4.69, 9.17) is 5.73 Å². The molecule has 0 aliphatic carbocycles. The molecule has 1 unspecified atom stereocenters. The molecular formula is C12H23N3O. The fraction of sp³-hybridized carbons (Fsp3) is 0.917. The van der Waals surface area contributed by atoms with Crippen LogP contribution < -0.4 is 5.73 Å². The van der Waals surface area contributed by atoms with Crippen molar-refractivity contribution in [1.82, 2.24) is 9.80 Å². The van der Waals surface area contributed by atoms with Crippen molar-refractivity contribution in [3.63, 3.8) is 0 Å². The van der Waals surface area contributed by atoms with Gasteiger partial charge >= 0.3 is 0 Å². The Bertz CT molecular complexity index is 245. The van der Waals surface area contributed by atoms with Crippen molar-refractivity contribution in [3.8, 4) is 0 Å². The average Bonchev–Trinajstić information content (AvgIpc) is 2.27. The number of rotatable bonds is 3. The van der Waals surface area contributed by atoms with Gasteiger partial charge in [-0.3, -0.25) is 9.69 Å². The lowest BCUT2D eigenvalue weighted by Crippen LogP contribution is -2.58. The molecule has 0 aromatic carbocycles. The van der Waals surface area contributed by atoms with Crippen LogP contribution in [0.25, 0.3) is 0 Å². The van der Waals surface area contributed by atoms with Gasteiger partial charge in [0, 0.05) is 26.2 Å². The first-order valence-corrected chi connectivity index (χ1v) is 6.45. The number of hydrogen-bond acceptors (Lipinski definition) is 3. The number of hydrogen-bond donors (Lipinski definition) is 1. The molecule has 1 atom stereocenters. The van der Waals surface area contributed by atoms with Gasteiger partial charge < -0.3 is 10.6 Å². The molecule has 2 aliphatic rings. The number of nitrogens with two attached hydrogens (primary N) is 1. The summed E-state index contributed by atoms with van der Waals surface area (Å²) in [5.41, 5.74) is 5.59. The molecule has 0 saturated carbocycles. The molecule has 0 aromatic heterocycles. The molecule has 0 aromatic rings. The molecule has 92 valence electrons. The van der Waals surface area contributed by atoms with Crippen LogP contribution in [0.3, 0.4) is 0 Å². The second-order valence-corrected chi connectivity index (χ2v) is 5.12. The van der Waals surface area contributed by atoms with Crippen LogP contribution in [-0.4, -0.2) is 54.5 Å². The van der Waals surface area contributed by atoms with E-state index in [0.717, 1.165) is 32.7 Å². The second kappa shape index (κ2) is 5.15. The van der Waals surface area contributed by atoms with E-state index in [1.54, 1.807) is 0 Å². The van der Waals surface area contributed by atoms with Gasteiger partial charge in [-0.15, -0.1) is 0 Å². The summed E-state index contributed by atoms with van der Waals surface area (Å²) in [5.74, 6) is 0.923. The zero-order chi connectivity index (χ0) is 11.5.